The predicted molar refractivity (Wildman–Crippen MR) is 78.8 cm³/mol. The highest BCUT2D eigenvalue weighted by Gasteiger charge is 2.53. The van der Waals surface area contributed by atoms with Crippen LogP contribution in [0.5, 0.6) is 0 Å². The van der Waals surface area contributed by atoms with E-state index in [2.05, 4.69) is 37.9 Å². The summed E-state index contributed by atoms with van der Waals surface area (Å²) < 4.78 is 0. The highest BCUT2D eigenvalue weighted by Crippen LogP contribution is 2.39. The number of nitrogens with zero attached hydrogens (tertiary/aromatic N) is 1. The molecule has 1 heterocycles. The molecule has 1 saturated carbocycles. The van der Waals surface area contributed by atoms with Gasteiger partial charge >= 0.3 is 0 Å². The molecule has 0 radical (unpaired) electrons. The Balaban J connectivity index is 2.24. The first-order chi connectivity index (χ1) is 9.05. The zero-order valence-corrected chi connectivity index (χ0v) is 13.0. The van der Waals surface area contributed by atoms with Crippen LogP contribution in [0.1, 0.15) is 72.6 Å². The molecule has 1 amide bonds. The van der Waals surface area contributed by atoms with E-state index >= 15 is 0 Å². The number of carbonyl (C=O) groups is 1. The van der Waals surface area contributed by atoms with E-state index in [-0.39, 0.29) is 11.7 Å². The maximum absolute atomic E-state index is 13.0. The van der Waals surface area contributed by atoms with Gasteiger partial charge in [-0.3, -0.25) is 10.1 Å². The number of hydrogen-bond donors (Lipinski definition) is 1. The standard InChI is InChI=1S/C16H30N2O/c1-5-9-14-17-16(10-7-8-11-16)15(19)18(14)13(6-2)12(3)4/h12-14,17H,5-11H2,1-4H3. The summed E-state index contributed by atoms with van der Waals surface area (Å²) in [6.45, 7) is 8.90. The van der Waals surface area contributed by atoms with Crippen molar-refractivity contribution >= 4 is 5.91 Å². The van der Waals surface area contributed by atoms with Crippen molar-refractivity contribution in [3.63, 3.8) is 0 Å². The van der Waals surface area contributed by atoms with Gasteiger partial charge in [0.25, 0.3) is 0 Å². The van der Waals surface area contributed by atoms with Crippen molar-refractivity contribution < 1.29 is 4.79 Å². The number of hydrogen-bond acceptors (Lipinski definition) is 2. The van der Waals surface area contributed by atoms with Crippen LogP contribution >= 0.6 is 0 Å². The average molecular weight is 266 g/mol. The highest BCUT2D eigenvalue weighted by atomic mass is 16.2. The van der Waals surface area contributed by atoms with Crippen LogP contribution in [0.3, 0.4) is 0 Å². The molecule has 2 rings (SSSR count). The number of rotatable bonds is 5. The molecule has 1 aliphatic heterocycles. The van der Waals surface area contributed by atoms with Crippen LogP contribution in [-0.2, 0) is 4.79 Å². The summed E-state index contributed by atoms with van der Waals surface area (Å²) in [6.07, 6.45) is 8.01. The largest absolute Gasteiger partial charge is 0.322 e. The molecule has 0 aromatic heterocycles. The van der Waals surface area contributed by atoms with Gasteiger partial charge in [-0.2, -0.15) is 0 Å². The average Bonchev–Trinajstić information content (AvgIpc) is 2.92. The van der Waals surface area contributed by atoms with Gasteiger partial charge in [0.15, 0.2) is 0 Å². The van der Waals surface area contributed by atoms with E-state index in [0.29, 0.717) is 17.9 Å². The molecule has 0 aromatic carbocycles. The molecule has 2 unspecified atom stereocenters. The summed E-state index contributed by atoms with van der Waals surface area (Å²) >= 11 is 0. The Labute approximate surface area is 118 Å². The smallest absolute Gasteiger partial charge is 0.244 e. The summed E-state index contributed by atoms with van der Waals surface area (Å²) in [5.41, 5.74) is -0.206. The van der Waals surface area contributed by atoms with Crippen LogP contribution < -0.4 is 5.32 Å². The minimum Gasteiger partial charge on any atom is -0.322 e. The fourth-order valence-corrected chi connectivity index (χ4v) is 4.03. The Morgan fingerprint density at radius 1 is 1.32 bits per heavy atom. The van der Waals surface area contributed by atoms with Crippen molar-refractivity contribution in [1.29, 1.82) is 0 Å². The van der Waals surface area contributed by atoms with Gasteiger partial charge < -0.3 is 4.90 Å². The summed E-state index contributed by atoms with van der Waals surface area (Å²) in [5, 5.41) is 3.71. The second-order valence-corrected chi connectivity index (χ2v) is 6.67. The van der Waals surface area contributed by atoms with Crippen molar-refractivity contribution in [2.75, 3.05) is 0 Å². The fraction of sp³-hybridized carbons (Fsp3) is 0.938. The van der Waals surface area contributed by atoms with Gasteiger partial charge in [-0.1, -0.05) is 47.0 Å². The Bertz CT molecular complexity index is 321. The Kier molecular flexibility index (Phi) is 4.54. The normalized spacial score (nSPS) is 27.7. The second kappa shape index (κ2) is 5.82. The summed E-state index contributed by atoms with van der Waals surface area (Å²) in [5.74, 6) is 0.927. The lowest BCUT2D eigenvalue weighted by molar-refractivity contribution is -0.136. The van der Waals surface area contributed by atoms with Crippen LogP contribution in [0.4, 0.5) is 0 Å². The quantitative estimate of drug-likeness (QED) is 0.828. The van der Waals surface area contributed by atoms with Gasteiger partial charge in [-0.15, -0.1) is 0 Å². The van der Waals surface area contributed by atoms with Gasteiger partial charge in [0.2, 0.25) is 5.91 Å². The molecule has 1 aliphatic carbocycles. The SMILES string of the molecule is CCCC1NC2(CCCC2)C(=O)N1C(CC)C(C)C. The molecule has 0 aromatic rings. The van der Waals surface area contributed by atoms with Crippen molar-refractivity contribution in [2.24, 2.45) is 5.92 Å². The molecular weight excluding hydrogens is 236 g/mol. The van der Waals surface area contributed by atoms with Gasteiger partial charge in [0, 0.05) is 6.04 Å². The Hall–Kier alpha value is -0.570. The monoisotopic (exact) mass is 266 g/mol. The molecular formula is C16H30N2O. The van der Waals surface area contributed by atoms with Gasteiger partial charge in [0.05, 0.1) is 11.7 Å². The van der Waals surface area contributed by atoms with Gasteiger partial charge in [-0.25, -0.2) is 0 Å². The van der Waals surface area contributed by atoms with E-state index in [1.807, 2.05) is 0 Å². The van der Waals surface area contributed by atoms with Gasteiger partial charge in [0.1, 0.15) is 0 Å². The first-order valence-electron chi connectivity index (χ1n) is 8.16. The highest BCUT2D eigenvalue weighted by molar-refractivity contribution is 5.89. The zero-order valence-electron chi connectivity index (χ0n) is 13.0. The van der Waals surface area contributed by atoms with E-state index in [9.17, 15) is 4.79 Å². The van der Waals surface area contributed by atoms with Crippen molar-refractivity contribution in [1.82, 2.24) is 10.2 Å². The van der Waals surface area contributed by atoms with Crippen LogP contribution in [0, 0.1) is 5.92 Å². The van der Waals surface area contributed by atoms with Gasteiger partial charge in [-0.05, 0) is 31.6 Å². The minimum atomic E-state index is -0.206. The Morgan fingerprint density at radius 3 is 2.42 bits per heavy atom. The first kappa shape index (κ1) is 14.8. The van der Waals surface area contributed by atoms with Crippen LogP contribution in [0.2, 0.25) is 0 Å². The lowest BCUT2D eigenvalue weighted by Crippen LogP contribution is -2.47. The summed E-state index contributed by atoms with van der Waals surface area (Å²) in [6, 6.07) is 0.386. The molecule has 2 fully saturated rings. The molecule has 1 spiro atoms. The number of nitrogens with one attached hydrogen (secondary N) is 1. The maximum atomic E-state index is 13.0. The summed E-state index contributed by atoms with van der Waals surface area (Å²) in [4.78, 5) is 15.2. The van der Waals surface area contributed by atoms with E-state index in [1.165, 1.54) is 12.8 Å². The number of carbonyl (C=O) groups excluding carboxylic acids is 1. The zero-order chi connectivity index (χ0) is 14.0. The molecule has 2 atom stereocenters. The molecule has 19 heavy (non-hydrogen) atoms. The Morgan fingerprint density at radius 2 is 1.95 bits per heavy atom. The van der Waals surface area contributed by atoms with E-state index in [4.69, 9.17) is 0 Å². The molecule has 2 aliphatic rings. The number of amides is 1. The van der Waals surface area contributed by atoms with Crippen LogP contribution in [0.25, 0.3) is 0 Å². The lowest BCUT2D eigenvalue weighted by atomic mass is 9.95. The molecule has 3 nitrogen and oxygen atoms in total. The second-order valence-electron chi connectivity index (χ2n) is 6.67. The van der Waals surface area contributed by atoms with Crippen molar-refractivity contribution in [3.8, 4) is 0 Å². The molecule has 110 valence electrons. The topological polar surface area (TPSA) is 32.3 Å². The van der Waals surface area contributed by atoms with Crippen LogP contribution in [0.15, 0.2) is 0 Å². The molecule has 1 N–H and O–H groups in total. The van der Waals surface area contributed by atoms with Crippen molar-refractivity contribution in [3.05, 3.63) is 0 Å². The van der Waals surface area contributed by atoms with E-state index in [0.717, 1.165) is 32.1 Å². The summed E-state index contributed by atoms with van der Waals surface area (Å²) in [7, 11) is 0. The van der Waals surface area contributed by atoms with Crippen LogP contribution in [-0.4, -0.2) is 28.6 Å². The van der Waals surface area contributed by atoms with E-state index in [1.54, 1.807) is 0 Å². The minimum absolute atomic E-state index is 0.206. The third-order valence-corrected chi connectivity index (χ3v) is 4.99. The van der Waals surface area contributed by atoms with Crippen molar-refractivity contribution in [2.45, 2.75) is 90.4 Å². The molecule has 3 heteroatoms. The molecule has 1 saturated heterocycles. The first-order valence-corrected chi connectivity index (χ1v) is 8.16. The lowest BCUT2D eigenvalue weighted by Gasteiger charge is -2.35. The third kappa shape index (κ3) is 2.54. The fourth-order valence-electron chi connectivity index (χ4n) is 4.03. The third-order valence-electron chi connectivity index (χ3n) is 4.99. The molecule has 0 bridgehead atoms. The maximum Gasteiger partial charge on any atom is 0.244 e. The predicted octanol–water partition coefficient (Wildman–Crippen LogP) is 3.29. The van der Waals surface area contributed by atoms with E-state index < -0.39 is 0 Å².